The number of aliphatic hydroxyl groups excluding tert-OH is 1. The first-order chi connectivity index (χ1) is 20.9. The largest absolute Gasteiger partial charge is 0.416 e. The van der Waals surface area contributed by atoms with Crippen molar-refractivity contribution in [1.82, 2.24) is 15.4 Å². The van der Waals surface area contributed by atoms with Crippen LogP contribution in [0.25, 0.3) is 0 Å². The van der Waals surface area contributed by atoms with Gasteiger partial charge in [0.2, 0.25) is 15.9 Å². The molecule has 13 heteroatoms. The minimum absolute atomic E-state index is 0.00991. The molecule has 8 nitrogen and oxygen atoms in total. The summed E-state index contributed by atoms with van der Waals surface area (Å²) >= 11 is 1.01. The summed E-state index contributed by atoms with van der Waals surface area (Å²) in [6.45, 7) is 5.56. The lowest BCUT2D eigenvalue weighted by Crippen LogP contribution is -2.54. The summed E-state index contributed by atoms with van der Waals surface area (Å²) in [7, 11) is -3.87. The van der Waals surface area contributed by atoms with Crippen LogP contribution >= 0.6 is 11.8 Å². The van der Waals surface area contributed by atoms with E-state index in [1.807, 2.05) is 39.0 Å². The van der Waals surface area contributed by atoms with Gasteiger partial charge in [0.05, 0.1) is 24.0 Å². The van der Waals surface area contributed by atoms with E-state index < -0.39 is 51.4 Å². The Morgan fingerprint density at radius 3 is 2.07 bits per heavy atom. The van der Waals surface area contributed by atoms with Crippen LogP contribution in [-0.4, -0.2) is 61.1 Å². The molecule has 0 radical (unpaired) electrons. The highest BCUT2D eigenvalue weighted by Crippen LogP contribution is 2.31. The predicted molar refractivity (Wildman–Crippen MR) is 169 cm³/mol. The van der Waals surface area contributed by atoms with Crippen LogP contribution in [0.15, 0.2) is 83.8 Å². The van der Waals surface area contributed by atoms with Gasteiger partial charge in [0.1, 0.15) is 6.04 Å². The summed E-state index contributed by atoms with van der Waals surface area (Å²) in [6, 6.07) is 18.0. The Kier molecular flexibility index (Phi) is 12.2. The number of nitrogens with one attached hydrogen (secondary N) is 3. The smallest absolute Gasteiger partial charge is 0.391 e. The monoisotopic (exact) mass is 665 g/mol. The van der Waals surface area contributed by atoms with Crippen molar-refractivity contribution in [1.29, 1.82) is 0 Å². The topological polar surface area (TPSA) is 125 Å². The molecule has 3 aromatic rings. The van der Waals surface area contributed by atoms with Crippen LogP contribution in [0, 0.1) is 0 Å². The van der Waals surface area contributed by atoms with Gasteiger partial charge >= 0.3 is 6.18 Å². The lowest BCUT2D eigenvalue weighted by molar-refractivity contribution is -0.137. The number of aliphatic hydroxyl groups is 1. The van der Waals surface area contributed by atoms with Gasteiger partial charge in [-0.25, -0.2) is 13.1 Å². The average Bonchev–Trinajstić information content (AvgIpc) is 2.94. The molecule has 3 aromatic carbocycles. The molecule has 0 aliphatic heterocycles. The lowest BCUT2D eigenvalue weighted by Gasteiger charge is -2.28. The van der Waals surface area contributed by atoms with Crippen molar-refractivity contribution in [2.45, 2.75) is 68.4 Å². The number of rotatable bonds is 13. The summed E-state index contributed by atoms with van der Waals surface area (Å²) in [4.78, 5) is 26.9. The fourth-order valence-electron chi connectivity index (χ4n) is 4.47. The highest BCUT2D eigenvalue weighted by Gasteiger charge is 2.31. The maximum absolute atomic E-state index is 13.5. The number of hydrogen-bond donors (Lipinski definition) is 4. The van der Waals surface area contributed by atoms with E-state index in [0.29, 0.717) is 16.0 Å². The molecule has 0 aliphatic carbocycles. The second kappa shape index (κ2) is 15.3. The summed E-state index contributed by atoms with van der Waals surface area (Å²) in [6.07, 6.45) is -4.59. The fraction of sp³-hybridized carbons (Fsp3) is 0.375. The molecular weight excluding hydrogens is 627 g/mol. The van der Waals surface area contributed by atoms with Crippen molar-refractivity contribution in [2.75, 3.05) is 12.0 Å². The average molecular weight is 666 g/mol. The number of carbonyl (C=O) groups is 2. The summed E-state index contributed by atoms with van der Waals surface area (Å²) in [5.74, 6) is -1.17. The molecule has 0 saturated heterocycles. The van der Waals surface area contributed by atoms with E-state index in [0.717, 1.165) is 35.7 Å². The van der Waals surface area contributed by atoms with E-state index in [9.17, 15) is 36.3 Å². The van der Waals surface area contributed by atoms with E-state index in [1.54, 1.807) is 36.4 Å². The number of carbonyl (C=O) groups excluding carboxylic acids is 2. The normalized spacial score (nSPS) is 14.3. The van der Waals surface area contributed by atoms with E-state index >= 15 is 0 Å². The van der Waals surface area contributed by atoms with Crippen LogP contribution in [0.4, 0.5) is 13.2 Å². The number of halogens is 3. The fourth-order valence-corrected chi connectivity index (χ4v) is 6.21. The first kappa shape index (κ1) is 36.1. The van der Waals surface area contributed by atoms with E-state index in [4.69, 9.17) is 0 Å². The second-order valence-electron chi connectivity index (χ2n) is 11.7. The van der Waals surface area contributed by atoms with Gasteiger partial charge in [-0.15, -0.1) is 11.8 Å². The Balaban J connectivity index is 1.84. The maximum atomic E-state index is 13.5. The number of hydrogen-bond acceptors (Lipinski definition) is 6. The summed E-state index contributed by atoms with van der Waals surface area (Å²) in [5, 5.41) is 17.1. The summed E-state index contributed by atoms with van der Waals surface area (Å²) < 4.78 is 65.5. The molecule has 3 rings (SSSR count). The highest BCUT2D eigenvalue weighted by molar-refractivity contribution is 7.99. The van der Waals surface area contributed by atoms with Crippen molar-refractivity contribution in [3.63, 3.8) is 0 Å². The van der Waals surface area contributed by atoms with Crippen LogP contribution in [0.2, 0.25) is 0 Å². The number of thioether (sulfide) groups is 1. The Labute approximate surface area is 266 Å². The third-order valence-electron chi connectivity index (χ3n) is 6.54. The van der Waals surface area contributed by atoms with Gasteiger partial charge in [0, 0.05) is 28.2 Å². The van der Waals surface area contributed by atoms with E-state index in [2.05, 4.69) is 15.4 Å². The van der Waals surface area contributed by atoms with Crippen LogP contribution in [-0.2, 0) is 33.8 Å². The number of benzene rings is 3. The van der Waals surface area contributed by atoms with Gasteiger partial charge in [-0.1, -0.05) is 48.5 Å². The third kappa shape index (κ3) is 12.1. The molecule has 0 unspecified atom stereocenters. The zero-order chi connectivity index (χ0) is 33.4. The number of amides is 2. The molecule has 0 aliphatic rings. The zero-order valence-corrected chi connectivity index (χ0v) is 27.0. The Morgan fingerprint density at radius 1 is 0.889 bits per heavy atom. The molecular formula is C32H38F3N3O5S2. The van der Waals surface area contributed by atoms with Gasteiger partial charge in [0.15, 0.2) is 0 Å². The highest BCUT2D eigenvalue weighted by atomic mass is 32.2. The second-order valence-corrected chi connectivity index (χ2v) is 14.6. The minimum atomic E-state index is -4.50. The van der Waals surface area contributed by atoms with Gasteiger partial charge in [-0.05, 0) is 68.7 Å². The molecule has 45 heavy (non-hydrogen) atoms. The molecule has 4 N–H and O–H groups in total. The predicted octanol–water partition coefficient (Wildman–Crippen LogP) is 4.57. The maximum Gasteiger partial charge on any atom is 0.416 e. The molecule has 244 valence electrons. The molecule has 3 atom stereocenters. The van der Waals surface area contributed by atoms with Crippen LogP contribution in [0.3, 0.4) is 0 Å². The number of alkyl halides is 3. The lowest BCUT2D eigenvalue weighted by atomic mass is 9.93. The Bertz CT molecular complexity index is 1540. The van der Waals surface area contributed by atoms with E-state index in [-0.39, 0.29) is 24.5 Å². The van der Waals surface area contributed by atoms with Gasteiger partial charge in [0.25, 0.3) is 5.91 Å². The molecule has 0 heterocycles. The third-order valence-corrected chi connectivity index (χ3v) is 8.36. The van der Waals surface area contributed by atoms with Gasteiger partial charge in [-0.3, -0.25) is 9.59 Å². The first-order valence-electron chi connectivity index (χ1n) is 14.1. The van der Waals surface area contributed by atoms with Crippen LogP contribution in [0.1, 0.15) is 47.8 Å². The van der Waals surface area contributed by atoms with Crippen molar-refractivity contribution in [2.24, 2.45) is 0 Å². The van der Waals surface area contributed by atoms with Crippen molar-refractivity contribution < 1.29 is 36.3 Å². The van der Waals surface area contributed by atoms with Crippen LogP contribution in [0.5, 0.6) is 0 Å². The molecule has 0 bridgehead atoms. The SMILES string of the molecule is CC(C)(C)NC(=O)c1ccccc1C[C@@H](O)[C@H](Cc1ccccc1)NC(=O)[C@H](CSc1ccc(C(F)(F)F)cc1)NS(C)(=O)=O. The van der Waals surface area contributed by atoms with Crippen molar-refractivity contribution in [3.05, 3.63) is 101 Å². The van der Waals surface area contributed by atoms with Crippen molar-refractivity contribution >= 4 is 33.6 Å². The number of sulfonamides is 1. The van der Waals surface area contributed by atoms with Gasteiger partial charge < -0.3 is 15.7 Å². The zero-order valence-electron chi connectivity index (χ0n) is 25.4. The molecule has 0 saturated carbocycles. The standard InChI is InChI=1S/C32H38F3N3O5S2/c1-31(2,3)37-29(40)25-13-9-8-12-22(25)19-28(39)26(18-21-10-6-5-7-11-21)36-30(41)27(38-45(4,42)43)20-44-24-16-14-23(15-17-24)32(33,34)35/h5-17,26-28,38-39H,18-20H2,1-4H3,(H,36,41)(H,37,40)/t26-,27-,28+/m0/s1. The first-order valence-corrected chi connectivity index (χ1v) is 17.0. The quantitative estimate of drug-likeness (QED) is 0.198. The van der Waals surface area contributed by atoms with Gasteiger partial charge in [-0.2, -0.15) is 13.2 Å². The molecule has 0 fully saturated rings. The molecule has 0 aromatic heterocycles. The van der Waals surface area contributed by atoms with E-state index in [1.165, 1.54) is 12.1 Å². The summed E-state index contributed by atoms with van der Waals surface area (Å²) in [5.41, 5.74) is 0.411. The van der Waals surface area contributed by atoms with Crippen LogP contribution < -0.4 is 15.4 Å². The Morgan fingerprint density at radius 2 is 1.49 bits per heavy atom. The Hall–Kier alpha value is -3.39. The molecule has 2 amide bonds. The van der Waals surface area contributed by atoms with Crippen molar-refractivity contribution in [3.8, 4) is 0 Å². The minimum Gasteiger partial charge on any atom is -0.391 e. The molecule has 0 spiro atoms.